The lowest BCUT2D eigenvalue weighted by molar-refractivity contribution is 0.209. The van der Waals surface area contributed by atoms with Crippen LogP contribution in [0.25, 0.3) is 0 Å². The second-order valence-corrected chi connectivity index (χ2v) is 5.79. The summed E-state index contributed by atoms with van der Waals surface area (Å²) >= 11 is 1.64. The zero-order valence-electron chi connectivity index (χ0n) is 11.2. The summed E-state index contributed by atoms with van der Waals surface area (Å²) in [5.74, 6) is 5.35. The molecular weight excluding hydrogens is 246 g/mol. The van der Waals surface area contributed by atoms with Crippen LogP contribution >= 0.6 is 11.3 Å². The number of hydrogen-bond acceptors (Lipinski definition) is 6. The molecule has 1 saturated heterocycles. The molecule has 0 bridgehead atoms. The van der Waals surface area contributed by atoms with E-state index in [0.29, 0.717) is 0 Å². The number of anilines is 1. The van der Waals surface area contributed by atoms with Crippen LogP contribution in [-0.2, 0) is 6.54 Å². The maximum Gasteiger partial charge on any atom is 0.197 e. The number of aromatic nitrogens is 1. The van der Waals surface area contributed by atoms with Crippen molar-refractivity contribution in [3.8, 4) is 0 Å². The predicted octanol–water partition coefficient (Wildman–Crippen LogP) is 1.34. The minimum Gasteiger partial charge on any atom is -0.300 e. The number of hydrogen-bond donors (Lipinski definition) is 2. The quantitative estimate of drug-likeness (QED) is 0.603. The molecule has 6 heteroatoms. The Morgan fingerprint density at radius 1 is 1.56 bits per heavy atom. The Hall–Kier alpha value is -0.690. The lowest BCUT2D eigenvalue weighted by atomic mass is 10.2. The standard InChI is InChI=1S/C12H23N5S/c1-3-17(4-2)10-5-6-16(8-10)9-11-7-14-12(15-13)18-11/h7,10H,3-6,8-9,13H2,1-2H3,(H,14,15). The highest BCUT2D eigenvalue weighted by Gasteiger charge is 2.26. The van der Waals surface area contributed by atoms with Crippen molar-refractivity contribution in [2.24, 2.45) is 5.84 Å². The fourth-order valence-electron chi connectivity index (χ4n) is 2.66. The summed E-state index contributed by atoms with van der Waals surface area (Å²) in [5.41, 5.74) is 2.60. The van der Waals surface area contributed by atoms with Crippen LogP contribution in [0.3, 0.4) is 0 Å². The molecule has 1 aliphatic rings. The maximum absolute atomic E-state index is 5.35. The lowest BCUT2D eigenvalue weighted by Gasteiger charge is -2.26. The highest BCUT2D eigenvalue weighted by Crippen LogP contribution is 2.22. The SMILES string of the molecule is CCN(CC)C1CCN(Cc2cnc(NN)s2)C1. The van der Waals surface area contributed by atoms with Gasteiger partial charge in [0.25, 0.3) is 0 Å². The van der Waals surface area contributed by atoms with Crippen molar-refractivity contribution in [3.05, 3.63) is 11.1 Å². The highest BCUT2D eigenvalue weighted by molar-refractivity contribution is 7.15. The Labute approximate surface area is 113 Å². The smallest absolute Gasteiger partial charge is 0.197 e. The fourth-order valence-corrected chi connectivity index (χ4v) is 3.43. The molecule has 0 aromatic carbocycles. The van der Waals surface area contributed by atoms with Gasteiger partial charge in [-0.25, -0.2) is 10.8 Å². The molecule has 1 aliphatic heterocycles. The zero-order chi connectivity index (χ0) is 13.0. The van der Waals surface area contributed by atoms with Gasteiger partial charge >= 0.3 is 0 Å². The topological polar surface area (TPSA) is 57.4 Å². The number of nitrogens with zero attached hydrogens (tertiary/aromatic N) is 3. The molecule has 1 fully saturated rings. The summed E-state index contributed by atoms with van der Waals surface area (Å²) in [6.07, 6.45) is 3.20. The number of rotatable bonds is 6. The highest BCUT2D eigenvalue weighted by atomic mass is 32.1. The van der Waals surface area contributed by atoms with E-state index >= 15 is 0 Å². The number of nitrogens with two attached hydrogens (primary N) is 1. The average molecular weight is 269 g/mol. The third-order valence-corrected chi connectivity index (χ3v) is 4.55. The largest absolute Gasteiger partial charge is 0.300 e. The minimum absolute atomic E-state index is 0.722. The van der Waals surface area contributed by atoms with Crippen molar-refractivity contribution in [3.63, 3.8) is 0 Å². The van der Waals surface area contributed by atoms with Gasteiger partial charge in [-0.1, -0.05) is 25.2 Å². The number of nitrogen functional groups attached to an aromatic ring is 1. The van der Waals surface area contributed by atoms with Crippen molar-refractivity contribution < 1.29 is 0 Å². The first-order valence-corrected chi connectivity index (χ1v) is 7.46. The molecular formula is C12H23N5S. The van der Waals surface area contributed by atoms with Crippen molar-refractivity contribution in [1.29, 1.82) is 0 Å². The number of hydrazine groups is 1. The van der Waals surface area contributed by atoms with Gasteiger partial charge in [0.1, 0.15) is 0 Å². The van der Waals surface area contributed by atoms with E-state index in [0.717, 1.165) is 30.8 Å². The molecule has 3 N–H and O–H groups in total. The Morgan fingerprint density at radius 2 is 2.33 bits per heavy atom. The Bertz CT molecular complexity index is 363. The van der Waals surface area contributed by atoms with Crippen molar-refractivity contribution >= 4 is 16.5 Å². The van der Waals surface area contributed by atoms with Gasteiger partial charge < -0.3 is 0 Å². The number of likely N-dealkylation sites (N-methyl/N-ethyl adjacent to an activating group) is 1. The molecule has 2 rings (SSSR count). The predicted molar refractivity (Wildman–Crippen MR) is 76.5 cm³/mol. The van der Waals surface area contributed by atoms with E-state index in [2.05, 4.69) is 34.1 Å². The fraction of sp³-hybridized carbons (Fsp3) is 0.750. The maximum atomic E-state index is 5.35. The van der Waals surface area contributed by atoms with Crippen LogP contribution in [0.2, 0.25) is 0 Å². The number of likely N-dealkylation sites (tertiary alicyclic amines) is 1. The normalized spacial score (nSPS) is 20.8. The van der Waals surface area contributed by atoms with Gasteiger partial charge in [-0.15, -0.1) is 0 Å². The Kier molecular flexibility index (Phi) is 4.94. The second-order valence-electron chi connectivity index (χ2n) is 4.67. The van der Waals surface area contributed by atoms with Gasteiger partial charge in [0, 0.05) is 36.8 Å². The summed E-state index contributed by atoms with van der Waals surface area (Å²) in [4.78, 5) is 10.6. The van der Waals surface area contributed by atoms with Crippen molar-refractivity contribution in [2.45, 2.75) is 32.9 Å². The van der Waals surface area contributed by atoms with Crippen LogP contribution in [0.1, 0.15) is 25.1 Å². The molecule has 18 heavy (non-hydrogen) atoms. The van der Waals surface area contributed by atoms with E-state index in [1.807, 2.05) is 6.20 Å². The summed E-state index contributed by atoms with van der Waals surface area (Å²) in [7, 11) is 0. The Morgan fingerprint density at radius 3 is 2.94 bits per heavy atom. The van der Waals surface area contributed by atoms with Crippen LogP contribution in [0.4, 0.5) is 5.13 Å². The number of thiazole rings is 1. The van der Waals surface area contributed by atoms with E-state index in [9.17, 15) is 0 Å². The molecule has 1 aromatic rings. The van der Waals surface area contributed by atoms with Gasteiger partial charge in [0.15, 0.2) is 5.13 Å². The molecule has 2 heterocycles. The molecule has 0 spiro atoms. The first-order chi connectivity index (χ1) is 8.76. The van der Waals surface area contributed by atoms with Gasteiger partial charge in [-0.3, -0.25) is 15.2 Å². The second kappa shape index (κ2) is 6.47. The monoisotopic (exact) mass is 269 g/mol. The average Bonchev–Trinajstić information content (AvgIpc) is 3.01. The summed E-state index contributed by atoms with van der Waals surface area (Å²) in [6.45, 7) is 10.1. The first-order valence-electron chi connectivity index (χ1n) is 6.64. The third-order valence-electron chi connectivity index (χ3n) is 3.63. The van der Waals surface area contributed by atoms with E-state index in [1.165, 1.54) is 24.4 Å². The molecule has 0 radical (unpaired) electrons. The lowest BCUT2D eigenvalue weighted by Crippen LogP contribution is -2.37. The third kappa shape index (κ3) is 3.20. The molecule has 102 valence electrons. The summed E-state index contributed by atoms with van der Waals surface area (Å²) in [5, 5.41) is 0.796. The summed E-state index contributed by atoms with van der Waals surface area (Å²) in [6, 6.07) is 0.722. The minimum atomic E-state index is 0.722. The van der Waals surface area contributed by atoms with Crippen molar-refractivity contribution in [2.75, 3.05) is 31.6 Å². The van der Waals surface area contributed by atoms with Crippen molar-refractivity contribution in [1.82, 2.24) is 14.8 Å². The summed E-state index contributed by atoms with van der Waals surface area (Å²) < 4.78 is 0. The molecule has 5 nitrogen and oxygen atoms in total. The van der Waals surface area contributed by atoms with E-state index in [4.69, 9.17) is 5.84 Å². The van der Waals surface area contributed by atoms with Crippen LogP contribution in [0.5, 0.6) is 0 Å². The number of nitrogens with one attached hydrogen (secondary N) is 1. The molecule has 1 unspecified atom stereocenters. The molecule has 0 aliphatic carbocycles. The van der Waals surface area contributed by atoms with E-state index < -0.39 is 0 Å². The first kappa shape index (κ1) is 13.7. The van der Waals surface area contributed by atoms with Gasteiger partial charge in [0.2, 0.25) is 0 Å². The van der Waals surface area contributed by atoms with Crippen LogP contribution in [0, 0.1) is 0 Å². The van der Waals surface area contributed by atoms with Gasteiger partial charge in [0.05, 0.1) is 0 Å². The zero-order valence-corrected chi connectivity index (χ0v) is 12.0. The van der Waals surface area contributed by atoms with Crippen LogP contribution < -0.4 is 11.3 Å². The van der Waals surface area contributed by atoms with E-state index in [-0.39, 0.29) is 0 Å². The van der Waals surface area contributed by atoms with Crippen LogP contribution in [0.15, 0.2) is 6.20 Å². The molecule has 1 atom stereocenters. The Balaban J connectivity index is 1.85. The van der Waals surface area contributed by atoms with Gasteiger partial charge in [-0.2, -0.15) is 0 Å². The molecule has 0 saturated carbocycles. The van der Waals surface area contributed by atoms with Crippen LogP contribution in [-0.4, -0.2) is 47.0 Å². The van der Waals surface area contributed by atoms with Gasteiger partial charge in [-0.05, 0) is 19.5 Å². The molecule has 1 aromatic heterocycles. The van der Waals surface area contributed by atoms with E-state index in [1.54, 1.807) is 11.3 Å². The molecule has 0 amide bonds.